The molecule has 6 nitrogen and oxygen atoms in total. The van der Waals surface area contributed by atoms with Crippen molar-refractivity contribution in [2.75, 3.05) is 11.9 Å². The summed E-state index contributed by atoms with van der Waals surface area (Å²) in [5, 5.41) is 21.8. The summed E-state index contributed by atoms with van der Waals surface area (Å²) in [4.78, 5) is 4.56. The highest BCUT2D eigenvalue weighted by Crippen LogP contribution is 2.36. The quantitative estimate of drug-likeness (QED) is 0.277. The van der Waals surface area contributed by atoms with Crippen molar-refractivity contribution in [3.63, 3.8) is 0 Å². The summed E-state index contributed by atoms with van der Waals surface area (Å²) in [6.45, 7) is 0.905. The van der Waals surface area contributed by atoms with E-state index >= 15 is 0 Å². The molecule has 1 aliphatic rings. The van der Waals surface area contributed by atoms with E-state index in [1.165, 1.54) is 12.8 Å². The van der Waals surface area contributed by atoms with Crippen molar-refractivity contribution < 1.29 is 0 Å². The third-order valence-corrected chi connectivity index (χ3v) is 5.02. The van der Waals surface area contributed by atoms with Crippen molar-refractivity contribution in [1.29, 1.82) is 5.41 Å². The van der Waals surface area contributed by atoms with Crippen LogP contribution in [0.4, 0.5) is 17.2 Å². The molecule has 0 atom stereocenters. The van der Waals surface area contributed by atoms with E-state index in [0.717, 1.165) is 39.2 Å². The normalized spacial score (nSPS) is 14.0. The molecule has 0 spiro atoms. The van der Waals surface area contributed by atoms with Gasteiger partial charge in [0.05, 0.1) is 5.69 Å². The number of amidine groups is 1. The molecule has 4 rings (SSSR count). The minimum atomic E-state index is 0.0353. The molecular weight excluding hydrogens is 404 g/mol. The van der Waals surface area contributed by atoms with Crippen LogP contribution in [-0.4, -0.2) is 17.4 Å². The molecule has 27 heavy (non-hydrogen) atoms. The summed E-state index contributed by atoms with van der Waals surface area (Å²) < 4.78 is 0.983. The van der Waals surface area contributed by atoms with E-state index in [1.807, 2.05) is 24.4 Å². The smallest absolute Gasteiger partial charge is 0.154 e. The molecule has 136 valence electrons. The Kier molecular flexibility index (Phi) is 4.85. The lowest BCUT2D eigenvalue weighted by atomic mass is 10.1. The SMILES string of the molecule is N=C(N)c1ccc(N=Nc2c(NCC3CC3)ncc3ccc(Br)cc23)cc1. The van der Waals surface area contributed by atoms with Gasteiger partial charge in [-0.3, -0.25) is 5.41 Å². The minimum Gasteiger partial charge on any atom is -0.384 e. The Morgan fingerprint density at radius 2 is 1.96 bits per heavy atom. The molecule has 4 N–H and O–H groups in total. The third kappa shape index (κ3) is 4.14. The van der Waals surface area contributed by atoms with Crippen molar-refractivity contribution in [3.05, 3.63) is 58.7 Å². The number of rotatable bonds is 6. The second-order valence-corrected chi connectivity index (χ2v) is 7.59. The molecule has 2 aromatic carbocycles. The average Bonchev–Trinajstić information content (AvgIpc) is 3.49. The number of benzene rings is 2. The van der Waals surface area contributed by atoms with Gasteiger partial charge in [0.15, 0.2) is 5.82 Å². The molecule has 0 radical (unpaired) electrons. The third-order valence-electron chi connectivity index (χ3n) is 4.53. The molecule has 1 saturated carbocycles. The summed E-state index contributed by atoms with van der Waals surface area (Å²) in [6.07, 6.45) is 4.40. The Hall–Kier alpha value is -2.80. The van der Waals surface area contributed by atoms with E-state index < -0.39 is 0 Å². The van der Waals surface area contributed by atoms with Crippen LogP contribution < -0.4 is 11.1 Å². The van der Waals surface area contributed by atoms with Crippen LogP contribution in [0.25, 0.3) is 10.8 Å². The number of nitrogens with two attached hydrogens (primary N) is 1. The van der Waals surface area contributed by atoms with Gasteiger partial charge in [-0.1, -0.05) is 22.0 Å². The predicted octanol–water partition coefficient (Wildman–Crippen LogP) is 5.52. The lowest BCUT2D eigenvalue weighted by Gasteiger charge is -2.10. The van der Waals surface area contributed by atoms with Crippen LogP contribution in [0.15, 0.2) is 63.4 Å². The molecule has 7 heteroatoms. The lowest BCUT2D eigenvalue weighted by Crippen LogP contribution is -2.10. The van der Waals surface area contributed by atoms with Crippen LogP contribution in [0, 0.1) is 11.3 Å². The number of nitrogens with zero attached hydrogens (tertiary/aromatic N) is 3. The second kappa shape index (κ2) is 7.44. The first-order valence-electron chi connectivity index (χ1n) is 8.78. The summed E-state index contributed by atoms with van der Waals surface area (Å²) in [5.74, 6) is 1.51. The molecule has 0 saturated heterocycles. The number of aromatic nitrogens is 1. The number of hydrogen-bond donors (Lipinski definition) is 3. The number of fused-ring (bicyclic) bond motifs is 1. The van der Waals surface area contributed by atoms with Crippen LogP contribution in [-0.2, 0) is 0 Å². The van der Waals surface area contributed by atoms with Gasteiger partial charge in [-0.15, -0.1) is 5.11 Å². The average molecular weight is 423 g/mol. The molecule has 1 heterocycles. The van der Waals surface area contributed by atoms with Gasteiger partial charge in [-0.25, -0.2) is 4.98 Å². The number of anilines is 1. The van der Waals surface area contributed by atoms with Crippen molar-refractivity contribution in [3.8, 4) is 0 Å². The monoisotopic (exact) mass is 422 g/mol. The molecule has 1 aliphatic carbocycles. The zero-order valence-electron chi connectivity index (χ0n) is 14.6. The predicted molar refractivity (Wildman–Crippen MR) is 112 cm³/mol. The van der Waals surface area contributed by atoms with Crippen molar-refractivity contribution in [1.82, 2.24) is 4.98 Å². The molecule has 1 aromatic heterocycles. The fourth-order valence-electron chi connectivity index (χ4n) is 2.78. The van der Waals surface area contributed by atoms with E-state index in [4.69, 9.17) is 11.1 Å². The Labute approximate surface area is 165 Å². The molecule has 0 unspecified atom stereocenters. The highest BCUT2D eigenvalue weighted by atomic mass is 79.9. The van der Waals surface area contributed by atoms with Gasteiger partial charge in [0.1, 0.15) is 11.5 Å². The molecule has 0 bridgehead atoms. The van der Waals surface area contributed by atoms with Gasteiger partial charge in [-0.2, -0.15) is 5.11 Å². The first kappa shape index (κ1) is 17.6. The van der Waals surface area contributed by atoms with Gasteiger partial charge in [-0.05, 0) is 55.2 Å². The number of azo groups is 1. The zero-order valence-corrected chi connectivity index (χ0v) is 16.2. The van der Waals surface area contributed by atoms with Crippen LogP contribution in [0.5, 0.6) is 0 Å². The van der Waals surface area contributed by atoms with E-state index in [2.05, 4.69) is 36.5 Å². The van der Waals surface area contributed by atoms with Crippen LogP contribution in [0.2, 0.25) is 0 Å². The topological polar surface area (TPSA) is 99.5 Å². The maximum Gasteiger partial charge on any atom is 0.154 e. The highest BCUT2D eigenvalue weighted by Gasteiger charge is 2.21. The molecule has 0 aliphatic heterocycles. The lowest BCUT2D eigenvalue weighted by molar-refractivity contribution is 0.883. The van der Waals surface area contributed by atoms with Crippen LogP contribution in [0.1, 0.15) is 18.4 Å². The number of hydrogen-bond acceptors (Lipinski definition) is 5. The Balaban J connectivity index is 1.71. The summed E-state index contributed by atoms with van der Waals surface area (Å²) in [6, 6.07) is 13.2. The maximum absolute atomic E-state index is 7.47. The first-order valence-corrected chi connectivity index (χ1v) is 9.58. The first-order chi connectivity index (χ1) is 13.1. The molecule has 0 amide bonds. The van der Waals surface area contributed by atoms with Gasteiger partial charge >= 0.3 is 0 Å². The van der Waals surface area contributed by atoms with E-state index in [1.54, 1.807) is 24.3 Å². The Morgan fingerprint density at radius 3 is 2.67 bits per heavy atom. The van der Waals surface area contributed by atoms with E-state index in [0.29, 0.717) is 11.3 Å². The maximum atomic E-state index is 7.47. The van der Waals surface area contributed by atoms with Crippen LogP contribution >= 0.6 is 15.9 Å². The number of halogens is 1. The van der Waals surface area contributed by atoms with Crippen molar-refractivity contribution in [2.24, 2.45) is 21.9 Å². The number of pyridine rings is 1. The Morgan fingerprint density at radius 1 is 1.19 bits per heavy atom. The van der Waals surface area contributed by atoms with Gasteiger partial charge in [0, 0.05) is 33.6 Å². The van der Waals surface area contributed by atoms with Gasteiger partial charge < -0.3 is 11.1 Å². The van der Waals surface area contributed by atoms with Crippen molar-refractivity contribution >= 4 is 49.7 Å². The molecule has 3 aromatic rings. The second-order valence-electron chi connectivity index (χ2n) is 6.67. The minimum absolute atomic E-state index is 0.0353. The number of nitrogens with one attached hydrogen (secondary N) is 2. The Bertz CT molecular complexity index is 1020. The fraction of sp³-hybridized carbons (Fsp3) is 0.200. The standard InChI is InChI=1S/C20H19BrN6/c21-15-6-3-14-11-25-20(24-10-12-1-2-12)18(17(14)9-15)27-26-16-7-4-13(5-8-16)19(22)23/h3-9,11-12H,1-2,10H2,(H3,22,23)(H,24,25). The summed E-state index contributed by atoms with van der Waals surface area (Å²) >= 11 is 3.54. The number of nitrogen functional groups attached to an aromatic ring is 1. The van der Waals surface area contributed by atoms with E-state index in [9.17, 15) is 0 Å². The zero-order chi connectivity index (χ0) is 18.8. The highest BCUT2D eigenvalue weighted by molar-refractivity contribution is 9.10. The van der Waals surface area contributed by atoms with E-state index in [-0.39, 0.29) is 5.84 Å². The molecule has 1 fully saturated rings. The van der Waals surface area contributed by atoms with Crippen molar-refractivity contribution in [2.45, 2.75) is 12.8 Å². The largest absolute Gasteiger partial charge is 0.384 e. The van der Waals surface area contributed by atoms with Gasteiger partial charge in [0.25, 0.3) is 0 Å². The summed E-state index contributed by atoms with van der Waals surface area (Å²) in [7, 11) is 0. The molecular formula is C20H19BrN6. The summed E-state index contributed by atoms with van der Waals surface area (Å²) in [5.41, 5.74) is 7.58. The van der Waals surface area contributed by atoms with Crippen LogP contribution in [0.3, 0.4) is 0 Å². The fourth-order valence-corrected chi connectivity index (χ4v) is 3.14. The van der Waals surface area contributed by atoms with Gasteiger partial charge in [0.2, 0.25) is 0 Å².